The first-order valence-electron chi connectivity index (χ1n) is 6.78. The molecule has 0 aliphatic rings. The number of aryl methyl sites for hydroxylation is 2. The molecule has 0 aliphatic heterocycles. The maximum absolute atomic E-state index is 12.1. The normalized spacial score (nSPS) is 10.3. The van der Waals surface area contributed by atoms with Gasteiger partial charge in [-0.05, 0) is 31.0 Å². The third-order valence-corrected chi connectivity index (χ3v) is 4.28. The Balaban J connectivity index is 2.04. The second-order valence-electron chi connectivity index (χ2n) is 4.89. The van der Waals surface area contributed by atoms with E-state index >= 15 is 0 Å². The van der Waals surface area contributed by atoms with Gasteiger partial charge in [0.15, 0.2) is 0 Å². The molecule has 4 nitrogen and oxygen atoms in total. The van der Waals surface area contributed by atoms with E-state index in [4.69, 9.17) is 0 Å². The highest BCUT2D eigenvalue weighted by molar-refractivity contribution is 8.00. The molecule has 0 fully saturated rings. The number of amides is 1. The molecule has 0 atom stereocenters. The highest BCUT2D eigenvalue weighted by atomic mass is 32.2. The number of rotatable bonds is 5. The van der Waals surface area contributed by atoms with E-state index in [1.807, 2.05) is 32.0 Å². The zero-order valence-corrected chi connectivity index (χ0v) is 13.2. The molecule has 0 bridgehead atoms. The molecule has 2 aromatic carbocycles. The predicted octanol–water partition coefficient (Wildman–Crippen LogP) is 2.40. The quantitative estimate of drug-likeness (QED) is 0.860. The predicted molar refractivity (Wildman–Crippen MR) is 86.0 cm³/mol. The average Bonchev–Trinajstić information content (AvgIpc) is 2.49. The summed E-state index contributed by atoms with van der Waals surface area (Å²) in [4.78, 5) is 23.6. The lowest BCUT2D eigenvalue weighted by atomic mass is 10.1. The first-order chi connectivity index (χ1) is 10.5. The van der Waals surface area contributed by atoms with Crippen molar-refractivity contribution in [1.29, 1.82) is 0 Å². The van der Waals surface area contributed by atoms with Gasteiger partial charge in [-0.3, -0.25) is 4.79 Å². The van der Waals surface area contributed by atoms with Crippen LogP contribution < -0.4 is 10.4 Å². The number of para-hydroxylation sites is 1. The fourth-order valence-electron chi connectivity index (χ4n) is 2.09. The number of carboxylic acids is 1. The first kappa shape index (κ1) is 16.1. The van der Waals surface area contributed by atoms with Gasteiger partial charge in [0.2, 0.25) is 5.91 Å². The van der Waals surface area contributed by atoms with E-state index in [2.05, 4.69) is 5.32 Å². The number of hydrogen-bond acceptors (Lipinski definition) is 4. The Morgan fingerprint density at radius 3 is 2.32 bits per heavy atom. The average molecular weight is 314 g/mol. The summed E-state index contributed by atoms with van der Waals surface area (Å²) in [7, 11) is 0. The number of anilines is 1. The number of aromatic carboxylic acids is 1. The van der Waals surface area contributed by atoms with Crippen molar-refractivity contribution >= 4 is 29.3 Å². The van der Waals surface area contributed by atoms with Crippen molar-refractivity contribution in [3.05, 3.63) is 59.2 Å². The summed E-state index contributed by atoms with van der Waals surface area (Å²) in [5, 5.41) is 13.9. The van der Waals surface area contributed by atoms with Gasteiger partial charge in [-0.1, -0.05) is 36.4 Å². The van der Waals surface area contributed by atoms with Crippen LogP contribution in [0.4, 0.5) is 5.69 Å². The van der Waals surface area contributed by atoms with Crippen LogP contribution in [-0.4, -0.2) is 17.6 Å². The summed E-state index contributed by atoms with van der Waals surface area (Å²) < 4.78 is 0. The fourth-order valence-corrected chi connectivity index (χ4v) is 2.93. The van der Waals surface area contributed by atoms with E-state index in [0.717, 1.165) is 16.8 Å². The fraction of sp³-hybridized carbons (Fsp3) is 0.176. The molecule has 5 heteroatoms. The van der Waals surface area contributed by atoms with Crippen LogP contribution in [0.25, 0.3) is 0 Å². The van der Waals surface area contributed by atoms with E-state index in [1.54, 1.807) is 18.2 Å². The second kappa shape index (κ2) is 7.13. The van der Waals surface area contributed by atoms with Crippen LogP contribution in [0.2, 0.25) is 0 Å². The lowest BCUT2D eigenvalue weighted by molar-refractivity contribution is -0.255. The van der Waals surface area contributed by atoms with Crippen molar-refractivity contribution in [3.63, 3.8) is 0 Å². The monoisotopic (exact) mass is 314 g/mol. The van der Waals surface area contributed by atoms with Gasteiger partial charge in [0.1, 0.15) is 0 Å². The smallest absolute Gasteiger partial charge is 0.234 e. The third-order valence-electron chi connectivity index (χ3n) is 3.21. The summed E-state index contributed by atoms with van der Waals surface area (Å²) in [6.07, 6.45) is 0. The van der Waals surface area contributed by atoms with Crippen LogP contribution in [-0.2, 0) is 4.79 Å². The summed E-state index contributed by atoms with van der Waals surface area (Å²) in [6, 6.07) is 12.3. The standard InChI is InChI=1S/C17H17NO3S/c1-11-6-5-7-12(2)16(11)18-15(19)10-22-14-9-4-3-8-13(14)17(20)21/h3-9H,10H2,1-2H3,(H,18,19)(H,20,21)/p-1. The number of carbonyl (C=O) groups excluding carboxylic acids is 2. The zero-order valence-electron chi connectivity index (χ0n) is 12.4. The zero-order chi connectivity index (χ0) is 16.1. The van der Waals surface area contributed by atoms with Crippen molar-refractivity contribution in [2.75, 3.05) is 11.1 Å². The van der Waals surface area contributed by atoms with Gasteiger partial charge < -0.3 is 15.2 Å². The minimum absolute atomic E-state index is 0.104. The van der Waals surface area contributed by atoms with Gasteiger partial charge in [-0.15, -0.1) is 11.8 Å². The van der Waals surface area contributed by atoms with Gasteiger partial charge in [-0.2, -0.15) is 0 Å². The minimum atomic E-state index is -1.24. The number of thioether (sulfide) groups is 1. The van der Waals surface area contributed by atoms with Gasteiger partial charge in [0, 0.05) is 16.1 Å². The molecule has 0 heterocycles. The van der Waals surface area contributed by atoms with Crippen LogP contribution in [0.15, 0.2) is 47.4 Å². The number of hydrogen-bond donors (Lipinski definition) is 1. The molecule has 2 rings (SSSR count). The van der Waals surface area contributed by atoms with E-state index < -0.39 is 5.97 Å². The molecule has 1 N–H and O–H groups in total. The van der Waals surface area contributed by atoms with Crippen LogP contribution in [0.1, 0.15) is 21.5 Å². The van der Waals surface area contributed by atoms with Crippen LogP contribution in [0, 0.1) is 13.8 Å². The van der Waals surface area contributed by atoms with E-state index in [0.29, 0.717) is 4.90 Å². The number of carbonyl (C=O) groups is 2. The minimum Gasteiger partial charge on any atom is -0.545 e. The second-order valence-corrected chi connectivity index (χ2v) is 5.90. The van der Waals surface area contributed by atoms with E-state index in [-0.39, 0.29) is 17.2 Å². The number of nitrogens with one attached hydrogen (secondary N) is 1. The summed E-state index contributed by atoms with van der Waals surface area (Å²) >= 11 is 1.18. The number of carboxylic acid groups (broad SMARTS) is 1. The summed E-state index contributed by atoms with van der Waals surface area (Å²) in [5.41, 5.74) is 2.90. The van der Waals surface area contributed by atoms with Gasteiger partial charge >= 0.3 is 0 Å². The SMILES string of the molecule is Cc1cccc(C)c1NC(=O)CSc1ccccc1C(=O)[O-]. The van der Waals surface area contributed by atoms with Gasteiger partial charge in [-0.25, -0.2) is 0 Å². The molecule has 114 valence electrons. The Labute approximate surface area is 133 Å². The molecule has 0 saturated heterocycles. The molecule has 22 heavy (non-hydrogen) atoms. The highest BCUT2D eigenvalue weighted by Crippen LogP contribution is 2.24. The summed E-state index contributed by atoms with van der Waals surface area (Å²) in [5.74, 6) is -1.27. The van der Waals surface area contributed by atoms with Crippen LogP contribution in [0.5, 0.6) is 0 Å². The lowest BCUT2D eigenvalue weighted by Gasteiger charge is -2.12. The topological polar surface area (TPSA) is 69.2 Å². The maximum Gasteiger partial charge on any atom is 0.234 e. The molecule has 0 unspecified atom stereocenters. The molecule has 0 radical (unpaired) electrons. The van der Waals surface area contributed by atoms with Crippen molar-refractivity contribution in [2.24, 2.45) is 0 Å². The highest BCUT2D eigenvalue weighted by Gasteiger charge is 2.09. The Kier molecular flexibility index (Phi) is 5.22. The van der Waals surface area contributed by atoms with Crippen molar-refractivity contribution in [2.45, 2.75) is 18.7 Å². The first-order valence-corrected chi connectivity index (χ1v) is 7.77. The molecule has 0 saturated carbocycles. The van der Waals surface area contributed by atoms with Gasteiger partial charge in [0.25, 0.3) is 0 Å². The molecule has 0 aliphatic carbocycles. The molecule has 1 amide bonds. The van der Waals surface area contributed by atoms with Gasteiger partial charge in [0.05, 0.1) is 11.7 Å². The van der Waals surface area contributed by atoms with E-state index in [9.17, 15) is 14.7 Å². The van der Waals surface area contributed by atoms with E-state index in [1.165, 1.54) is 17.8 Å². The Bertz CT molecular complexity index is 693. The molecular formula is C17H16NO3S-. The number of benzene rings is 2. The van der Waals surface area contributed by atoms with Crippen molar-refractivity contribution in [1.82, 2.24) is 0 Å². The van der Waals surface area contributed by atoms with Crippen molar-refractivity contribution < 1.29 is 14.7 Å². The Morgan fingerprint density at radius 2 is 1.68 bits per heavy atom. The largest absolute Gasteiger partial charge is 0.545 e. The van der Waals surface area contributed by atoms with Crippen LogP contribution in [0.3, 0.4) is 0 Å². The molecule has 2 aromatic rings. The van der Waals surface area contributed by atoms with Crippen LogP contribution >= 0.6 is 11.8 Å². The molecule has 0 aromatic heterocycles. The molecular weight excluding hydrogens is 298 g/mol. The third kappa shape index (κ3) is 3.89. The van der Waals surface area contributed by atoms with Crippen molar-refractivity contribution in [3.8, 4) is 0 Å². The lowest BCUT2D eigenvalue weighted by Crippen LogP contribution is -2.23. The maximum atomic E-state index is 12.1. The Hall–Kier alpha value is -2.27. The molecule has 0 spiro atoms. The summed E-state index contributed by atoms with van der Waals surface area (Å²) in [6.45, 7) is 3.86. The Morgan fingerprint density at radius 1 is 1.05 bits per heavy atom.